The summed E-state index contributed by atoms with van der Waals surface area (Å²) in [6, 6.07) is 10.9. The highest BCUT2D eigenvalue weighted by Gasteiger charge is 2.43. The minimum Gasteiger partial charge on any atom is -0.494 e. The fraction of sp³-hybridized carbons (Fsp3) is 0.649. The van der Waals surface area contributed by atoms with Crippen LogP contribution in [0.2, 0.25) is 0 Å². The summed E-state index contributed by atoms with van der Waals surface area (Å²) in [6.45, 7) is 20.3. The molecule has 3 rings (SSSR count). The number of cyclic esters (lactones) is 4. The second-order valence-electron chi connectivity index (χ2n) is 21.5. The molecule has 74 heavy (non-hydrogen) atoms. The first-order chi connectivity index (χ1) is 34.8. The summed E-state index contributed by atoms with van der Waals surface area (Å²) in [7, 11) is 5.59. The molecule has 1 heterocycles. The predicted molar refractivity (Wildman–Crippen MR) is 280 cm³/mol. The summed E-state index contributed by atoms with van der Waals surface area (Å²) in [6.07, 6.45) is -3.42. The number of likely N-dealkylation sites (N-methyl/N-ethyl adjacent to an activating group) is 4. The average molecular weight is 1040 g/mol. The first-order valence-electron chi connectivity index (χ1n) is 26.4. The molecule has 2 aromatic carbocycles. The van der Waals surface area contributed by atoms with Crippen molar-refractivity contribution in [3.63, 3.8) is 0 Å². The Bertz CT molecular complexity index is 2160. The molecule has 4 amide bonds. The van der Waals surface area contributed by atoms with Gasteiger partial charge in [-0.15, -0.1) is 0 Å². The van der Waals surface area contributed by atoms with Crippen molar-refractivity contribution >= 4 is 47.5 Å². The van der Waals surface area contributed by atoms with E-state index in [1.54, 1.807) is 54.6 Å². The van der Waals surface area contributed by atoms with E-state index in [0.29, 0.717) is 29.9 Å². The van der Waals surface area contributed by atoms with E-state index >= 15 is 0 Å². The van der Waals surface area contributed by atoms with Gasteiger partial charge in [-0.1, -0.05) is 111 Å². The zero-order chi connectivity index (χ0) is 55.6. The molecule has 17 heteroatoms. The number of carbonyl (C=O) groups is 8. The molecule has 0 aromatic heterocycles. The lowest BCUT2D eigenvalue weighted by molar-refractivity contribution is -0.176. The van der Waals surface area contributed by atoms with Gasteiger partial charge in [0.2, 0.25) is 0 Å². The van der Waals surface area contributed by atoms with E-state index in [1.165, 1.54) is 46.9 Å². The number of ether oxygens (including phenoxy) is 5. The van der Waals surface area contributed by atoms with Crippen LogP contribution in [0.4, 0.5) is 0 Å². The predicted octanol–water partition coefficient (Wildman–Crippen LogP) is 7.23. The highest BCUT2D eigenvalue weighted by atomic mass is 16.6. The second-order valence-corrected chi connectivity index (χ2v) is 21.5. The van der Waals surface area contributed by atoms with Gasteiger partial charge in [0.15, 0.2) is 24.4 Å². The van der Waals surface area contributed by atoms with Crippen molar-refractivity contribution < 1.29 is 62.0 Å². The van der Waals surface area contributed by atoms with Gasteiger partial charge in [0.05, 0.1) is 6.61 Å². The van der Waals surface area contributed by atoms with Gasteiger partial charge in [0.25, 0.3) is 23.6 Å². The third-order valence-electron chi connectivity index (χ3n) is 13.2. The van der Waals surface area contributed by atoms with Crippen molar-refractivity contribution in [2.75, 3.05) is 34.8 Å². The summed E-state index contributed by atoms with van der Waals surface area (Å²) in [5, 5.41) is 0. The van der Waals surface area contributed by atoms with Crippen molar-refractivity contribution in [3.8, 4) is 5.75 Å². The van der Waals surface area contributed by atoms with Gasteiger partial charge in [0.1, 0.15) is 29.9 Å². The van der Waals surface area contributed by atoms with Gasteiger partial charge in [-0.25, -0.2) is 19.2 Å². The van der Waals surface area contributed by atoms with Gasteiger partial charge in [-0.2, -0.15) is 0 Å². The molecule has 0 bridgehead atoms. The van der Waals surface area contributed by atoms with Crippen molar-refractivity contribution in [2.24, 2.45) is 23.7 Å². The Hall–Kier alpha value is -6.00. The molecule has 8 atom stereocenters. The van der Waals surface area contributed by atoms with Crippen LogP contribution in [0.5, 0.6) is 5.75 Å². The highest BCUT2D eigenvalue weighted by Crippen LogP contribution is 2.25. The molecule has 0 N–H and O–H groups in total. The maximum atomic E-state index is 14.9. The Balaban J connectivity index is 2.26. The summed E-state index contributed by atoms with van der Waals surface area (Å²) in [5.74, 6) is -6.36. The monoisotopic (exact) mass is 1030 g/mol. The highest BCUT2D eigenvalue weighted by molar-refractivity contribution is 5.94. The number of esters is 4. The van der Waals surface area contributed by atoms with E-state index < -0.39 is 96.1 Å². The van der Waals surface area contributed by atoms with Crippen LogP contribution < -0.4 is 4.74 Å². The Morgan fingerprint density at radius 3 is 1.23 bits per heavy atom. The van der Waals surface area contributed by atoms with Gasteiger partial charge in [0, 0.05) is 41.0 Å². The van der Waals surface area contributed by atoms with E-state index in [-0.39, 0.29) is 62.2 Å². The standard InChI is InChI=1S/C57H86N4O13/c1-16-17-29-70-43-26-24-42(25-27-43)34-49-52(64)58(12)44(28-23-35(2)3)54(66)71-39(10)50(62)59(13)46(31-37(6)7)56(68)73-48(33-41-21-19-18-20-22-41)53(65)61(15)45(30-36(4)5)55(67)72-40(11)51(63)60(14)47(32-38(8)9)57(69)74-49/h18-22,24-27,35-40,44-49H,16-17,23,28-34H2,1-15H3/t39-,40-,44+,45+,46+,47+,48-,49-/m1/s1. The van der Waals surface area contributed by atoms with Crippen molar-refractivity contribution in [3.05, 3.63) is 65.7 Å². The SMILES string of the molecule is CCCCOc1ccc(C[C@H]2OC(=O)[C@H](CC(C)C)N(C)C(=O)[C@@H](C)OC(=O)[C@H](CC(C)C)N(C)C(=O)[C@@H](Cc3ccccc3)OC(=O)[C@H](CC(C)C)N(C)C(=O)[C@@H](C)OC(=O)[C@H](CCC(C)C)N(C)C2=O)cc1. The topological polar surface area (TPSA) is 196 Å². The van der Waals surface area contributed by atoms with E-state index in [4.69, 9.17) is 23.7 Å². The quantitative estimate of drug-likeness (QED) is 0.0875. The lowest BCUT2D eigenvalue weighted by atomic mass is 10.00. The largest absolute Gasteiger partial charge is 0.494 e. The van der Waals surface area contributed by atoms with E-state index in [0.717, 1.165) is 27.5 Å². The lowest BCUT2D eigenvalue weighted by Gasteiger charge is -2.35. The minimum atomic E-state index is -1.52. The molecule has 0 saturated carbocycles. The number of rotatable bonds is 17. The molecular formula is C57H86N4O13. The molecule has 1 fully saturated rings. The Morgan fingerprint density at radius 1 is 0.473 bits per heavy atom. The van der Waals surface area contributed by atoms with Gasteiger partial charge in [-0.05, 0) is 99.3 Å². The van der Waals surface area contributed by atoms with E-state index in [9.17, 15) is 38.4 Å². The first kappa shape index (κ1) is 62.3. The maximum Gasteiger partial charge on any atom is 0.329 e. The zero-order valence-corrected chi connectivity index (χ0v) is 46.8. The number of nitrogens with zero attached hydrogens (tertiary/aromatic N) is 4. The van der Waals surface area contributed by atoms with Crippen LogP contribution >= 0.6 is 0 Å². The number of hydrogen-bond donors (Lipinski definition) is 0. The average Bonchev–Trinajstić information content (AvgIpc) is 3.34. The number of carbonyl (C=O) groups excluding carboxylic acids is 8. The van der Waals surface area contributed by atoms with E-state index in [1.807, 2.05) is 55.4 Å². The minimum absolute atomic E-state index is 0.0822. The molecule has 0 radical (unpaired) electrons. The Kier molecular flexibility index (Phi) is 25.1. The van der Waals surface area contributed by atoms with Crippen LogP contribution in [-0.4, -0.2) is 150 Å². The smallest absolute Gasteiger partial charge is 0.329 e. The second kappa shape index (κ2) is 29.8. The molecule has 2 aromatic rings. The summed E-state index contributed by atoms with van der Waals surface area (Å²) >= 11 is 0. The zero-order valence-electron chi connectivity index (χ0n) is 46.8. The first-order valence-corrected chi connectivity index (χ1v) is 26.4. The molecule has 0 spiro atoms. The molecule has 1 saturated heterocycles. The molecule has 1 aliphatic rings. The summed E-state index contributed by atoms with van der Waals surface area (Å²) in [4.78, 5) is 121. The molecule has 0 unspecified atom stereocenters. The molecule has 0 aliphatic carbocycles. The van der Waals surface area contributed by atoms with Crippen LogP contribution in [0.25, 0.3) is 0 Å². The number of hydrogen-bond acceptors (Lipinski definition) is 13. The molecule has 17 nitrogen and oxygen atoms in total. The van der Waals surface area contributed by atoms with Crippen molar-refractivity contribution in [1.29, 1.82) is 0 Å². The summed E-state index contributed by atoms with van der Waals surface area (Å²) in [5.41, 5.74) is 1.25. The fourth-order valence-electron chi connectivity index (χ4n) is 8.68. The van der Waals surface area contributed by atoms with Gasteiger partial charge in [-0.3, -0.25) is 19.2 Å². The lowest BCUT2D eigenvalue weighted by Crippen LogP contribution is -2.54. The summed E-state index contributed by atoms with van der Waals surface area (Å²) < 4.78 is 29.9. The Labute approximate surface area is 440 Å². The molecular weight excluding hydrogens is 949 g/mol. The van der Waals surface area contributed by atoms with Crippen LogP contribution in [-0.2, 0) is 70.1 Å². The maximum absolute atomic E-state index is 14.9. The Morgan fingerprint density at radius 2 is 0.838 bits per heavy atom. The number of amides is 4. The third kappa shape index (κ3) is 18.7. The molecule has 1 aliphatic heterocycles. The number of unbranched alkanes of at least 4 members (excludes halogenated alkanes) is 1. The molecule has 412 valence electrons. The van der Waals surface area contributed by atoms with E-state index in [2.05, 4.69) is 6.92 Å². The van der Waals surface area contributed by atoms with Crippen LogP contribution in [0.15, 0.2) is 54.6 Å². The van der Waals surface area contributed by atoms with Crippen LogP contribution in [0.1, 0.15) is 132 Å². The van der Waals surface area contributed by atoms with Crippen LogP contribution in [0, 0.1) is 23.7 Å². The van der Waals surface area contributed by atoms with Crippen molar-refractivity contribution in [1.82, 2.24) is 19.6 Å². The van der Waals surface area contributed by atoms with Crippen LogP contribution in [0.3, 0.4) is 0 Å². The normalized spacial score (nSPS) is 24.1. The van der Waals surface area contributed by atoms with Gasteiger partial charge >= 0.3 is 23.9 Å². The fourth-order valence-corrected chi connectivity index (χ4v) is 8.68. The van der Waals surface area contributed by atoms with Crippen molar-refractivity contribution in [2.45, 2.75) is 183 Å². The third-order valence-corrected chi connectivity index (χ3v) is 13.2. The van der Waals surface area contributed by atoms with Gasteiger partial charge < -0.3 is 43.3 Å². The number of benzene rings is 2.